The molecular weight excluding hydrogens is 268 g/mol. The average molecular weight is 282 g/mol. The molecular formula is C14H14N6O. The molecule has 0 aliphatic rings. The molecule has 0 aliphatic carbocycles. The predicted molar refractivity (Wildman–Crippen MR) is 78.9 cm³/mol. The Balaban J connectivity index is 1.51. The van der Waals surface area contributed by atoms with Crippen molar-refractivity contribution in [3.63, 3.8) is 0 Å². The number of carbonyl (C=O) groups is 1. The van der Waals surface area contributed by atoms with Crippen molar-refractivity contribution in [2.45, 2.75) is 6.42 Å². The number of nitrogens with one attached hydrogen (secondary N) is 3. The van der Waals surface area contributed by atoms with Crippen LogP contribution in [0.25, 0.3) is 11.2 Å². The minimum absolute atomic E-state index is 0.229. The van der Waals surface area contributed by atoms with E-state index in [9.17, 15) is 4.79 Å². The number of imidazole rings is 1. The summed E-state index contributed by atoms with van der Waals surface area (Å²) in [5.74, 6) is 0.229. The number of hydrogen-bond acceptors (Lipinski definition) is 4. The van der Waals surface area contributed by atoms with Crippen LogP contribution in [0.4, 0.5) is 10.7 Å². The normalized spacial score (nSPS) is 10.5. The second kappa shape index (κ2) is 6.00. The van der Waals surface area contributed by atoms with E-state index < -0.39 is 0 Å². The molecule has 1 aromatic carbocycles. The first kappa shape index (κ1) is 13.0. The van der Waals surface area contributed by atoms with Crippen LogP contribution in [0.2, 0.25) is 0 Å². The second-order valence-electron chi connectivity index (χ2n) is 4.45. The van der Waals surface area contributed by atoms with Crippen LogP contribution in [0.3, 0.4) is 0 Å². The van der Waals surface area contributed by atoms with Gasteiger partial charge in [0, 0.05) is 6.54 Å². The van der Waals surface area contributed by atoms with Crippen LogP contribution in [0.1, 0.15) is 5.56 Å². The number of urea groups is 1. The topological polar surface area (TPSA) is 95.6 Å². The lowest BCUT2D eigenvalue weighted by atomic mass is 10.1. The number of fused-ring (bicyclic) bond motifs is 1. The largest absolute Gasteiger partial charge is 0.342 e. The van der Waals surface area contributed by atoms with Gasteiger partial charge in [-0.05, 0) is 12.0 Å². The molecule has 0 bridgehead atoms. The summed E-state index contributed by atoms with van der Waals surface area (Å²) < 4.78 is 0. The number of amides is 2. The summed E-state index contributed by atoms with van der Waals surface area (Å²) >= 11 is 0. The number of benzene rings is 1. The van der Waals surface area contributed by atoms with Crippen molar-refractivity contribution < 1.29 is 4.79 Å². The smallest absolute Gasteiger partial charge is 0.321 e. The summed E-state index contributed by atoms with van der Waals surface area (Å²) in [6.07, 6.45) is 3.88. The number of hydrogen-bond donors (Lipinski definition) is 3. The molecule has 7 heteroatoms. The fourth-order valence-electron chi connectivity index (χ4n) is 1.91. The molecule has 2 aromatic heterocycles. The summed E-state index contributed by atoms with van der Waals surface area (Å²) in [6.45, 7) is 0.542. The van der Waals surface area contributed by atoms with Crippen LogP contribution < -0.4 is 10.6 Å². The van der Waals surface area contributed by atoms with Gasteiger partial charge in [-0.15, -0.1) is 0 Å². The van der Waals surface area contributed by atoms with Crippen molar-refractivity contribution in [3.05, 3.63) is 48.4 Å². The minimum Gasteiger partial charge on any atom is -0.342 e. The molecule has 2 amide bonds. The third-order valence-electron chi connectivity index (χ3n) is 2.94. The molecule has 0 unspecified atom stereocenters. The summed E-state index contributed by atoms with van der Waals surface area (Å²) in [6, 6.07) is 9.63. The maximum Gasteiger partial charge on any atom is 0.321 e. The van der Waals surface area contributed by atoms with Gasteiger partial charge in [-0.3, -0.25) is 5.32 Å². The fourth-order valence-corrected chi connectivity index (χ4v) is 1.91. The molecule has 3 aromatic rings. The Morgan fingerprint density at radius 3 is 2.90 bits per heavy atom. The number of rotatable bonds is 4. The molecule has 0 saturated heterocycles. The van der Waals surface area contributed by atoms with Crippen molar-refractivity contribution in [3.8, 4) is 0 Å². The second-order valence-corrected chi connectivity index (χ2v) is 4.45. The third kappa shape index (κ3) is 3.33. The molecule has 0 spiro atoms. The first-order chi connectivity index (χ1) is 10.3. The van der Waals surface area contributed by atoms with Gasteiger partial charge < -0.3 is 10.3 Å². The van der Waals surface area contributed by atoms with E-state index in [-0.39, 0.29) is 12.0 Å². The van der Waals surface area contributed by atoms with Gasteiger partial charge in [0.2, 0.25) is 5.95 Å². The minimum atomic E-state index is -0.333. The molecule has 21 heavy (non-hydrogen) atoms. The Labute approximate surface area is 120 Å². The van der Waals surface area contributed by atoms with E-state index in [1.165, 1.54) is 11.9 Å². The first-order valence-electron chi connectivity index (χ1n) is 6.56. The third-order valence-corrected chi connectivity index (χ3v) is 2.94. The molecule has 106 valence electrons. The highest BCUT2D eigenvalue weighted by molar-refractivity contribution is 5.88. The van der Waals surface area contributed by atoms with Crippen molar-refractivity contribution in [1.82, 2.24) is 25.3 Å². The van der Waals surface area contributed by atoms with Gasteiger partial charge >= 0.3 is 6.03 Å². The van der Waals surface area contributed by atoms with E-state index in [1.807, 2.05) is 30.3 Å². The van der Waals surface area contributed by atoms with Crippen molar-refractivity contribution in [1.29, 1.82) is 0 Å². The number of aromatic amines is 1. The molecule has 2 heterocycles. The highest BCUT2D eigenvalue weighted by Gasteiger charge is 2.05. The van der Waals surface area contributed by atoms with Gasteiger partial charge in [0.05, 0.1) is 12.5 Å². The standard InChI is InChI=1S/C14H14N6O/c21-14(15-7-6-10-4-2-1-3-5-10)20-13-16-8-11-12(19-13)18-9-17-11/h1-5,8-9H,6-7H2,(H3,15,16,17,18,19,20,21). The fraction of sp³-hybridized carbons (Fsp3) is 0.143. The van der Waals surface area contributed by atoms with E-state index in [0.717, 1.165) is 11.9 Å². The van der Waals surface area contributed by atoms with E-state index >= 15 is 0 Å². The molecule has 3 N–H and O–H groups in total. The van der Waals surface area contributed by atoms with E-state index in [2.05, 4.69) is 30.6 Å². The van der Waals surface area contributed by atoms with Crippen molar-refractivity contribution in [2.75, 3.05) is 11.9 Å². The number of nitrogens with zero attached hydrogens (tertiary/aromatic N) is 3. The molecule has 3 rings (SSSR count). The van der Waals surface area contributed by atoms with Gasteiger partial charge in [-0.2, -0.15) is 4.98 Å². The number of H-pyrrole nitrogens is 1. The SMILES string of the molecule is O=C(NCCc1ccccc1)Nc1ncc2[nH]cnc2n1. The quantitative estimate of drug-likeness (QED) is 0.679. The summed E-state index contributed by atoms with van der Waals surface area (Å²) in [5, 5.41) is 5.35. The lowest BCUT2D eigenvalue weighted by Crippen LogP contribution is -2.31. The van der Waals surface area contributed by atoms with Crippen LogP contribution in [0, 0.1) is 0 Å². The molecule has 7 nitrogen and oxygen atoms in total. The Kier molecular flexibility index (Phi) is 3.72. The maximum atomic E-state index is 11.7. The lowest BCUT2D eigenvalue weighted by Gasteiger charge is -2.06. The highest BCUT2D eigenvalue weighted by Crippen LogP contribution is 2.06. The average Bonchev–Trinajstić information content (AvgIpc) is 2.96. The van der Waals surface area contributed by atoms with Crippen LogP contribution >= 0.6 is 0 Å². The molecule has 0 fully saturated rings. The summed E-state index contributed by atoms with van der Waals surface area (Å²) in [7, 11) is 0. The molecule has 0 aliphatic heterocycles. The van der Waals surface area contributed by atoms with Gasteiger partial charge in [-0.1, -0.05) is 30.3 Å². The zero-order chi connectivity index (χ0) is 14.5. The summed E-state index contributed by atoms with van der Waals surface area (Å²) in [4.78, 5) is 26.8. The van der Waals surface area contributed by atoms with Gasteiger partial charge in [0.25, 0.3) is 0 Å². The molecule has 0 saturated carbocycles. The number of anilines is 1. The Hall–Kier alpha value is -2.96. The van der Waals surface area contributed by atoms with E-state index in [0.29, 0.717) is 12.2 Å². The molecule has 0 atom stereocenters. The van der Waals surface area contributed by atoms with Crippen LogP contribution in [0.5, 0.6) is 0 Å². The lowest BCUT2D eigenvalue weighted by molar-refractivity contribution is 0.252. The van der Waals surface area contributed by atoms with Crippen LogP contribution in [-0.4, -0.2) is 32.5 Å². The Morgan fingerprint density at radius 2 is 2.05 bits per heavy atom. The highest BCUT2D eigenvalue weighted by atomic mass is 16.2. The Bertz CT molecular complexity index is 739. The number of carbonyl (C=O) groups excluding carboxylic acids is 1. The Morgan fingerprint density at radius 1 is 1.19 bits per heavy atom. The monoisotopic (exact) mass is 282 g/mol. The predicted octanol–water partition coefficient (Wildman–Crippen LogP) is 1.72. The van der Waals surface area contributed by atoms with E-state index in [1.54, 1.807) is 6.20 Å². The van der Waals surface area contributed by atoms with Crippen LogP contribution in [0.15, 0.2) is 42.9 Å². The summed E-state index contributed by atoms with van der Waals surface area (Å²) in [5.41, 5.74) is 2.42. The molecule has 0 radical (unpaired) electrons. The van der Waals surface area contributed by atoms with Gasteiger partial charge in [0.1, 0.15) is 5.52 Å². The maximum absolute atomic E-state index is 11.7. The van der Waals surface area contributed by atoms with E-state index in [4.69, 9.17) is 0 Å². The number of aromatic nitrogens is 4. The van der Waals surface area contributed by atoms with Gasteiger partial charge in [0.15, 0.2) is 5.65 Å². The first-order valence-corrected chi connectivity index (χ1v) is 6.56. The van der Waals surface area contributed by atoms with Crippen molar-refractivity contribution >= 4 is 23.1 Å². The zero-order valence-electron chi connectivity index (χ0n) is 11.2. The van der Waals surface area contributed by atoms with Crippen molar-refractivity contribution in [2.24, 2.45) is 0 Å². The zero-order valence-corrected chi connectivity index (χ0v) is 11.2. The van der Waals surface area contributed by atoms with Gasteiger partial charge in [-0.25, -0.2) is 14.8 Å². The van der Waals surface area contributed by atoms with Crippen LogP contribution in [-0.2, 0) is 6.42 Å².